The van der Waals surface area contributed by atoms with Crippen molar-refractivity contribution >= 4 is 22.8 Å². The van der Waals surface area contributed by atoms with E-state index >= 15 is 0 Å². The Morgan fingerprint density at radius 1 is 1.29 bits per heavy atom. The minimum absolute atomic E-state index is 0.0440. The molecule has 0 aliphatic carbocycles. The Morgan fingerprint density at radius 2 is 2.10 bits per heavy atom. The van der Waals surface area contributed by atoms with E-state index in [0.29, 0.717) is 25.9 Å². The zero-order valence-electron chi connectivity index (χ0n) is 12.3. The molecule has 0 bridgehead atoms. The molecule has 0 atom stereocenters. The van der Waals surface area contributed by atoms with Gasteiger partial charge in [0, 0.05) is 19.9 Å². The van der Waals surface area contributed by atoms with Crippen LogP contribution in [0.2, 0.25) is 0 Å². The average molecular weight is 288 g/mol. The molecular formula is C15H20N4O2. The van der Waals surface area contributed by atoms with Crippen LogP contribution in [-0.2, 0) is 16.1 Å². The molecule has 2 aromatic rings. The fourth-order valence-electron chi connectivity index (χ4n) is 2.09. The summed E-state index contributed by atoms with van der Waals surface area (Å²) in [5.74, 6) is 0.625. The van der Waals surface area contributed by atoms with Crippen molar-refractivity contribution in [2.24, 2.45) is 0 Å². The number of aryl methyl sites for hydroxylation is 1. The number of nitrogens with one attached hydrogen (secondary N) is 3. The molecule has 0 spiro atoms. The second-order valence-corrected chi connectivity index (χ2v) is 5.02. The van der Waals surface area contributed by atoms with E-state index < -0.39 is 0 Å². The van der Waals surface area contributed by atoms with Gasteiger partial charge in [-0.1, -0.05) is 12.1 Å². The van der Waals surface area contributed by atoms with E-state index in [-0.39, 0.29) is 11.8 Å². The SMILES string of the molecule is CC(=O)NCCCC(=O)NCc1nc2c(C)cccc2[nH]1. The molecular weight excluding hydrogens is 268 g/mol. The molecule has 2 amide bonds. The van der Waals surface area contributed by atoms with E-state index in [1.165, 1.54) is 6.92 Å². The number of H-pyrrole nitrogens is 1. The van der Waals surface area contributed by atoms with Gasteiger partial charge in [-0.05, 0) is 25.0 Å². The number of nitrogens with zero attached hydrogens (tertiary/aromatic N) is 1. The molecule has 2 rings (SSSR count). The number of rotatable bonds is 6. The number of hydrogen-bond acceptors (Lipinski definition) is 3. The smallest absolute Gasteiger partial charge is 0.220 e. The Labute approximate surface area is 123 Å². The number of carbonyl (C=O) groups is 2. The molecule has 0 saturated heterocycles. The van der Waals surface area contributed by atoms with Crippen LogP contribution in [0.5, 0.6) is 0 Å². The van der Waals surface area contributed by atoms with Gasteiger partial charge < -0.3 is 15.6 Å². The summed E-state index contributed by atoms with van der Waals surface area (Å²) in [5.41, 5.74) is 3.02. The molecule has 3 N–H and O–H groups in total. The van der Waals surface area contributed by atoms with Crippen molar-refractivity contribution in [2.45, 2.75) is 33.2 Å². The first kappa shape index (κ1) is 15.0. The summed E-state index contributed by atoms with van der Waals surface area (Å²) in [6.07, 6.45) is 1.02. The molecule has 0 radical (unpaired) electrons. The van der Waals surface area contributed by atoms with E-state index in [9.17, 15) is 9.59 Å². The lowest BCUT2D eigenvalue weighted by Gasteiger charge is -2.03. The van der Waals surface area contributed by atoms with Gasteiger partial charge in [0.25, 0.3) is 0 Å². The Morgan fingerprint density at radius 3 is 2.81 bits per heavy atom. The number of benzene rings is 1. The molecule has 0 aliphatic rings. The van der Waals surface area contributed by atoms with Crippen LogP contribution < -0.4 is 10.6 Å². The monoisotopic (exact) mass is 288 g/mol. The lowest BCUT2D eigenvalue weighted by molar-refractivity contribution is -0.122. The fourth-order valence-corrected chi connectivity index (χ4v) is 2.09. The molecule has 1 aromatic carbocycles. The Kier molecular flexibility index (Phi) is 4.92. The van der Waals surface area contributed by atoms with E-state index in [0.717, 1.165) is 22.4 Å². The standard InChI is InChI=1S/C15H20N4O2/c1-10-5-3-6-12-15(10)19-13(18-12)9-17-14(21)7-4-8-16-11(2)20/h3,5-6H,4,7-9H2,1-2H3,(H,16,20)(H,17,21)(H,18,19). The highest BCUT2D eigenvalue weighted by molar-refractivity contribution is 5.79. The molecule has 1 heterocycles. The van der Waals surface area contributed by atoms with Gasteiger partial charge in [-0.3, -0.25) is 9.59 Å². The second kappa shape index (κ2) is 6.88. The van der Waals surface area contributed by atoms with Gasteiger partial charge in [-0.2, -0.15) is 0 Å². The van der Waals surface area contributed by atoms with E-state index in [1.807, 2.05) is 25.1 Å². The minimum Gasteiger partial charge on any atom is -0.356 e. The minimum atomic E-state index is -0.0759. The lowest BCUT2D eigenvalue weighted by Crippen LogP contribution is -2.26. The van der Waals surface area contributed by atoms with Crippen LogP contribution in [-0.4, -0.2) is 28.3 Å². The van der Waals surface area contributed by atoms with E-state index in [2.05, 4.69) is 20.6 Å². The van der Waals surface area contributed by atoms with Gasteiger partial charge in [0.1, 0.15) is 5.82 Å². The highest BCUT2D eigenvalue weighted by Crippen LogP contribution is 2.15. The topological polar surface area (TPSA) is 86.9 Å². The third kappa shape index (κ3) is 4.30. The largest absolute Gasteiger partial charge is 0.356 e. The van der Waals surface area contributed by atoms with Crippen molar-refractivity contribution in [3.8, 4) is 0 Å². The number of hydrogen-bond donors (Lipinski definition) is 3. The summed E-state index contributed by atoms with van der Waals surface area (Å²) in [6, 6.07) is 5.95. The summed E-state index contributed by atoms with van der Waals surface area (Å²) in [4.78, 5) is 30.0. The molecule has 6 nitrogen and oxygen atoms in total. The molecule has 1 aromatic heterocycles. The first-order chi connectivity index (χ1) is 10.1. The summed E-state index contributed by atoms with van der Waals surface area (Å²) in [6.45, 7) is 4.37. The van der Waals surface area contributed by atoms with Crippen molar-refractivity contribution in [2.75, 3.05) is 6.54 Å². The fraction of sp³-hybridized carbons (Fsp3) is 0.400. The first-order valence-electron chi connectivity index (χ1n) is 7.01. The molecule has 6 heteroatoms. The second-order valence-electron chi connectivity index (χ2n) is 5.02. The molecule has 21 heavy (non-hydrogen) atoms. The zero-order valence-corrected chi connectivity index (χ0v) is 12.3. The number of carbonyl (C=O) groups excluding carboxylic acids is 2. The maximum atomic E-state index is 11.7. The van der Waals surface area contributed by atoms with Crippen molar-refractivity contribution < 1.29 is 9.59 Å². The van der Waals surface area contributed by atoms with Crippen molar-refractivity contribution in [1.29, 1.82) is 0 Å². The van der Waals surface area contributed by atoms with Crippen molar-refractivity contribution in [3.05, 3.63) is 29.6 Å². The Hall–Kier alpha value is -2.37. The third-order valence-corrected chi connectivity index (χ3v) is 3.17. The van der Waals surface area contributed by atoms with Crippen LogP contribution in [0.25, 0.3) is 11.0 Å². The predicted molar refractivity (Wildman–Crippen MR) is 80.6 cm³/mol. The van der Waals surface area contributed by atoms with Gasteiger partial charge in [0.15, 0.2) is 0 Å². The number of imidazole rings is 1. The highest BCUT2D eigenvalue weighted by atomic mass is 16.2. The zero-order chi connectivity index (χ0) is 15.2. The third-order valence-electron chi connectivity index (χ3n) is 3.17. The number of para-hydroxylation sites is 1. The molecule has 0 aliphatic heterocycles. The molecule has 0 fully saturated rings. The number of aromatic amines is 1. The molecule has 0 unspecified atom stereocenters. The number of fused-ring (bicyclic) bond motifs is 1. The van der Waals surface area contributed by atoms with Crippen LogP contribution in [0, 0.1) is 6.92 Å². The van der Waals surface area contributed by atoms with E-state index in [1.54, 1.807) is 0 Å². The summed E-state index contributed by atoms with van der Waals surface area (Å²) in [7, 11) is 0. The van der Waals surface area contributed by atoms with Crippen LogP contribution in [0.1, 0.15) is 31.2 Å². The summed E-state index contributed by atoms with van der Waals surface area (Å²) < 4.78 is 0. The maximum Gasteiger partial charge on any atom is 0.220 e. The van der Waals surface area contributed by atoms with Crippen LogP contribution in [0.4, 0.5) is 0 Å². The Bertz CT molecular complexity index is 648. The van der Waals surface area contributed by atoms with Gasteiger partial charge in [0.05, 0.1) is 17.6 Å². The lowest BCUT2D eigenvalue weighted by atomic mass is 10.2. The van der Waals surface area contributed by atoms with Crippen molar-refractivity contribution in [1.82, 2.24) is 20.6 Å². The van der Waals surface area contributed by atoms with Crippen LogP contribution in [0.3, 0.4) is 0 Å². The number of amides is 2. The Balaban J connectivity index is 1.80. The normalized spacial score (nSPS) is 10.6. The van der Waals surface area contributed by atoms with E-state index in [4.69, 9.17) is 0 Å². The predicted octanol–water partition coefficient (Wildman–Crippen LogP) is 1.40. The quantitative estimate of drug-likeness (QED) is 0.702. The average Bonchev–Trinajstić information content (AvgIpc) is 2.86. The van der Waals surface area contributed by atoms with Crippen LogP contribution >= 0.6 is 0 Å². The first-order valence-corrected chi connectivity index (χ1v) is 7.01. The maximum absolute atomic E-state index is 11.7. The van der Waals surface area contributed by atoms with Gasteiger partial charge in [0.2, 0.25) is 11.8 Å². The molecule has 0 saturated carbocycles. The van der Waals surface area contributed by atoms with Gasteiger partial charge in [-0.15, -0.1) is 0 Å². The number of aromatic nitrogens is 2. The van der Waals surface area contributed by atoms with Crippen LogP contribution in [0.15, 0.2) is 18.2 Å². The summed E-state index contributed by atoms with van der Waals surface area (Å²) in [5, 5.41) is 5.48. The summed E-state index contributed by atoms with van der Waals surface area (Å²) >= 11 is 0. The van der Waals surface area contributed by atoms with Gasteiger partial charge in [-0.25, -0.2) is 4.98 Å². The van der Waals surface area contributed by atoms with Gasteiger partial charge >= 0.3 is 0 Å². The highest BCUT2D eigenvalue weighted by Gasteiger charge is 2.06. The van der Waals surface area contributed by atoms with Crippen molar-refractivity contribution in [3.63, 3.8) is 0 Å². The molecule has 112 valence electrons.